The van der Waals surface area contributed by atoms with Crippen LogP contribution in [-0.2, 0) is 4.79 Å². The van der Waals surface area contributed by atoms with Crippen LogP contribution in [0.4, 0.5) is 0 Å². The summed E-state index contributed by atoms with van der Waals surface area (Å²) in [5, 5.41) is 15.8. The molecular formula is C14H28N2O2. The third-order valence-electron chi connectivity index (χ3n) is 4.60. The largest absolute Gasteiger partial charge is 0.396 e. The molecule has 1 fully saturated rings. The van der Waals surface area contributed by atoms with E-state index in [4.69, 9.17) is 0 Å². The third-order valence-corrected chi connectivity index (χ3v) is 4.60. The number of rotatable bonds is 6. The highest BCUT2D eigenvalue weighted by Crippen LogP contribution is 2.28. The van der Waals surface area contributed by atoms with Crippen LogP contribution in [0.5, 0.6) is 0 Å². The lowest BCUT2D eigenvalue weighted by atomic mass is 9.80. The molecule has 0 saturated carbocycles. The lowest BCUT2D eigenvalue weighted by Gasteiger charge is -2.35. The molecule has 1 saturated heterocycles. The Balaban J connectivity index is 2.54. The molecule has 1 aliphatic rings. The van der Waals surface area contributed by atoms with Crippen LogP contribution in [0.2, 0.25) is 0 Å². The molecule has 106 valence electrons. The van der Waals surface area contributed by atoms with E-state index in [2.05, 4.69) is 24.5 Å². The quantitative estimate of drug-likeness (QED) is 0.671. The highest BCUT2D eigenvalue weighted by molar-refractivity contribution is 5.82. The van der Waals surface area contributed by atoms with Crippen molar-refractivity contribution >= 4 is 5.91 Å². The van der Waals surface area contributed by atoms with Crippen LogP contribution in [0.25, 0.3) is 0 Å². The molecule has 1 rings (SSSR count). The van der Waals surface area contributed by atoms with Crippen molar-refractivity contribution in [3.8, 4) is 0 Å². The Morgan fingerprint density at radius 2 is 2.11 bits per heavy atom. The molecule has 0 aliphatic carbocycles. The number of amides is 1. The van der Waals surface area contributed by atoms with E-state index in [1.807, 2.05) is 6.92 Å². The molecule has 0 bridgehead atoms. The number of piperidine rings is 1. The van der Waals surface area contributed by atoms with Gasteiger partial charge in [0.25, 0.3) is 0 Å². The van der Waals surface area contributed by atoms with Gasteiger partial charge in [-0.05, 0) is 39.2 Å². The van der Waals surface area contributed by atoms with Crippen molar-refractivity contribution in [1.29, 1.82) is 0 Å². The lowest BCUT2D eigenvalue weighted by Crippen LogP contribution is -2.51. The predicted octanol–water partition coefficient (Wildman–Crippen LogP) is 1.29. The smallest absolute Gasteiger partial charge is 0.227 e. The second-order valence-electron chi connectivity index (χ2n) is 5.89. The number of aliphatic hydroxyl groups excluding tert-OH is 1. The van der Waals surface area contributed by atoms with Crippen molar-refractivity contribution in [2.45, 2.75) is 46.5 Å². The van der Waals surface area contributed by atoms with Crippen LogP contribution in [0.15, 0.2) is 0 Å². The van der Waals surface area contributed by atoms with Gasteiger partial charge in [-0.3, -0.25) is 4.79 Å². The molecule has 3 N–H and O–H groups in total. The van der Waals surface area contributed by atoms with Gasteiger partial charge in [0.15, 0.2) is 0 Å². The van der Waals surface area contributed by atoms with E-state index in [9.17, 15) is 9.90 Å². The van der Waals surface area contributed by atoms with E-state index in [0.29, 0.717) is 6.54 Å². The van der Waals surface area contributed by atoms with Gasteiger partial charge in [-0.15, -0.1) is 0 Å². The zero-order valence-corrected chi connectivity index (χ0v) is 12.0. The normalized spacial score (nSPS) is 24.9. The predicted molar refractivity (Wildman–Crippen MR) is 73.3 cm³/mol. The van der Waals surface area contributed by atoms with Gasteiger partial charge < -0.3 is 15.7 Å². The minimum atomic E-state index is -0.291. The van der Waals surface area contributed by atoms with Crippen LogP contribution in [0.3, 0.4) is 0 Å². The van der Waals surface area contributed by atoms with Gasteiger partial charge >= 0.3 is 0 Å². The summed E-state index contributed by atoms with van der Waals surface area (Å²) >= 11 is 0. The molecular weight excluding hydrogens is 228 g/mol. The summed E-state index contributed by atoms with van der Waals surface area (Å²) in [4.78, 5) is 12.3. The fourth-order valence-electron chi connectivity index (χ4n) is 2.51. The maximum absolute atomic E-state index is 12.3. The Labute approximate surface area is 111 Å². The summed E-state index contributed by atoms with van der Waals surface area (Å²) in [5.41, 5.74) is -0.449. The first kappa shape index (κ1) is 15.4. The summed E-state index contributed by atoms with van der Waals surface area (Å²) in [6, 6.07) is 0. The number of nitrogens with one attached hydrogen (secondary N) is 2. The minimum absolute atomic E-state index is 0.120. The van der Waals surface area contributed by atoms with Gasteiger partial charge in [0, 0.05) is 18.5 Å². The van der Waals surface area contributed by atoms with E-state index in [-0.39, 0.29) is 23.3 Å². The fourth-order valence-corrected chi connectivity index (χ4v) is 2.51. The summed E-state index contributed by atoms with van der Waals surface area (Å²) in [6.45, 7) is 8.62. The van der Waals surface area contributed by atoms with E-state index >= 15 is 0 Å². The van der Waals surface area contributed by atoms with Crippen molar-refractivity contribution < 1.29 is 9.90 Å². The van der Waals surface area contributed by atoms with Gasteiger partial charge in [0.05, 0.1) is 12.0 Å². The molecule has 0 aromatic heterocycles. The van der Waals surface area contributed by atoms with Crippen LogP contribution in [0, 0.1) is 10.8 Å². The molecule has 1 atom stereocenters. The molecule has 0 spiro atoms. The molecule has 0 radical (unpaired) electrons. The SMILES string of the molecule is CCC(CC)(CO)CNC(=O)C1(C)CCCNC1. The summed E-state index contributed by atoms with van der Waals surface area (Å²) < 4.78 is 0. The molecule has 1 unspecified atom stereocenters. The topological polar surface area (TPSA) is 61.4 Å². The van der Waals surface area contributed by atoms with Crippen molar-refractivity contribution in [3.05, 3.63) is 0 Å². The zero-order valence-electron chi connectivity index (χ0n) is 12.0. The Hall–Kier alpha value is -0.610. The summed E-state index contributed by atoms with van der Waals surface area (Å²) in [7, 11) is 0. The molecule has 4 nitrogen and oxygen atoms in total. The first-order chi connectivity index (χ1) is 8.52. The van der Waals surface area contributed by atoms with Gasteiger partial charge in [-0.25, -0.2) is 0 Å². The average Bonchev–Trinajstić information content (AvgIpc) is 2.41. The van der Waals surface area contributed by atoms with Crippen molar-refractivity contribution in [2.24, 2.45) is 10.8 Å². The number of aliphatic hydroxyl groups is 1. The van der Waals surface area contributed by atoms with E-state index in [1.165, 1.54) is 0 Å². The maximum atomic E-state index is 12.3. The van der Waals surface area contributed by atoms with Gasteiger partial charge in [-0.2, -0.15) is 0 Å². The Bertz CT molecular complexity index is 261. The molecule has 1 aliphatic heterocycles. The second-order valence-corrected chi connectivity index (χ2v) is 5.89. The van der Waals surface area contributed by atoms with Crippen LogP contribution < -0.4 is 10.6 Å². The van der Waals surface area contributed by atoms with E-state index < -0.39 is 0 Å². The maximum Gasteiger partial charge on any atom is 0.227 e. The monoisotopic (exact) mass is 256 g/mol. The van der Waals surface area contributed by atoms with Crippen molar-refractivity contribution in [1.82, 2.24) is 10.6 Å². The van der Waals surface area contributed by atoms with E-state index in [0.717, 1.165) is 38.8 Å². The molecule has 4 heteroatoms. The molecule has 0 aromatic rings. The summed E-state index contributed by atoms with van der Waals surface area (Å²) in [5.74, 6) is 0.120. The lowest BCUT2D eigenvalue weighted by molar-refractivity contribution is -0.131. The standard InChI is InChI=1S/C14H28N2O2/c1-4-14(5-2,11-17)10-16-12(18)13(3)7-6-8-15-9-13/h15,17H,4-11H2,1-3H3,(H,16,18). The number of hydrogen-bond acceptors (Lipinski definition) is 3. The van der Waals surface area contributed by atoms with Crippen LogP contribution in [-0.4, -0.2) is 37.3 Å². The first-order valence-corrected chi connectivity index (χ1v) is 7.12. The number of hydrogen-bond donors (Lipinski definition) is 3. The Morgan fingerprint density at radius 3 is 2.56 bits per heavy atom. The first-order valence-electron chi connectivity index (χ1n) is 7.12. The van der Waals surface area contributed by atoms with Gasteiger partial charge in [-0.1, -0.05) is 13.8 Å². The van der Waals surface area contributed by atoms with Gasteiger partial charge in [0.1, 0.15) is 0 Å². The molecule has 1 heterocycles. The second kappa shape index (κ2) is 6.53. The highest BCUT2D eigenvalue weighted by atomic mass is 16.3. The molecule has 1 amide bonds. The van der Waals surface area contributed by atoms with Gasteiger partial charge in [0.2, 0.25) is 5.91 Å². The number of carbonyl (C=O) groups is 1. The Kier molecular flexibility index (Phi) is 5.60. The van der Waals surface area contributed by atoms with Crippen molar-refractivity contribution in [3.63, 3.8) is 0 Å². The van der Waals surface area contributed by atoms with Crippen LogP contribution >= 0.6 is 0 Å². The van der Waals surface area contributed by atoms with E-state index in [1.54, 1.807) is 0 Å². The third kappa shape index (κ3) is 3.45. The van der Waals surface area contributed by atoms with Crippen LogP contribution in [0.1, 0.15) is 46.5 Å². The fraction of sp³-hybridized carbons (Fsp3) is 0.929. The summed E-state index contributed by atoms with van der Waals surface area (Å²) in [6.07, 6.45) is 3.76. The molecule has 18 heavy (non-hydrogen) atoms. The average molecular weight is 256 g/mol. The van der Waals surface area contributed by atoms with Crippen molar-refractivity contribution in [2.75, 3.05) is 26.2 Å². The molecule has 0 aromatic carbocycles. The zero-order chi connectivity index (χ0) is 13.6. The number of carbonyl (C=O) groups excluding carboxylic acids is 1. The highest BCUT2D eigenvalue weighted by Gasteiger charge is 2.36. The minimum Gasteiger partial charge on any atom is -0.396 e. The Morgan fingerprint density at radius 1 is 1.44 bits per heavy atom.